The number of amides is 2. The van der Waals surface area contributed by atoms with Gasteiger partial charge in [0, 0.05) is 24.7 Å². The fraction of sp³-hybridized carbons (Fsp3) is 0.214. The van der Waals surface area contributed by atoms with Crippen LogP contribution in [0.5, 0.6) is 17.2 Å². The quantitative estimate of drug-likeness (QED) is 0.283. The van der Waals surface area contributed by atoms with Crippen LogP contribution in [0.25, 0.3) is 6.08 Å². The number of fused-ring (bicyclic) bond motifs is 1. The maximum atomic E-state index is 12.8. The summed E-state index contributed by atoms with van der Waals surface area (Å²) >= 11 is 0. The predicted octanol–water partition coefficient (Wildman–Crippen LogP) is 4.00. The first-order valence-corrected chi connectivity index (χ1v) is 11.5. The van der Waals surface area contributed by atoms with E-state index in [1.54, 1.807) is 56.1 Å². The van der Waals surface area contributed by atoms with Crippen LogP contribution in [0.1, 0.15) is 32.6 Å². The van der Waals surface area contributed by atoms with Gasteiger partial charge in [0.15, 0.2) is 11.5 Å². The highest BCUT2D eigenvalue weighted by atomic mass is 16.5. The minimum absolute atomic E-state index is 0.0471. The van der Waals surface area contributed by atoms with E-state index in [-0.39, 0.29) is 5.91 Å². The Morgan fingerprint density at radius 3 is 2.28 bits per heavy atom. The molecule has 0 aliphatic carbocycles. The van der Waals surface area contributed by atoms with E-state index in [1.807, 2.05) is 41.3 Å². The third-order valence-electron chi connectivity index (χ3n) is 6.05. The highest BCUT2D eigenvalue weighted by Gasteiger charge is 2.21. The predicted molar refractivity (Wildman–Crippen MR) is 134 cm³/mol. The largest absolute Gasteiger partial charge is 0.493 e. The summed E-state index contributed by atoms with van der Waals surface area (Å²) in [5, 5.41) is 8.68. The van der Waals surface area contributed by atoms with Crippen LogP contribution in [0, 0.1) is 0 Å². The number of ether oxygens (including phenoxy) is 3. The zero-order valence-corrected chi connectivity index (χ0v) is 20.2. The van der Waals surface area contributed by atoms with E-state index in [0.29, 0.717) is 42.5 Å². The van der Waals surface area contributed by atoms with Crippen LogP contribution in [0.3, 0.4) is 0 Å². The molecular weight excluding hydrogens is 460 g/mol. The van der Waals surface area contributed by atoms with Gasteiger partial charge >= 0.3 is 0 Å². The summed E-state index contributed by atoms with van der Waals surface area (Å²) in [6.07, 6.45) is 4.14. The van der Waals surface area contributed by atoms with E-state index in [2.05, 4.69) is 0 Å². The summed E-state index contributed by atoms with van der Waals surface area (Å²) in [7, 11) is 3.22. The maximum Gasteiger partial charge on any atom is 0.274 e. The molecule has 186 valence electrons. The minimum atomic E-state index is -0.560. The molecule has 2 amide bonds. The number of carbonyl (C=O) groups is 2. The number of nitrogens with one attached hydrogen (secondary N) is 1. The van der Waals surface area contributed by atoms with Crippen molar-refractivity contribution < 1.29 is 29.0 Å². The topological polar surface area (TPSA) is 97.3 Å². The van der Waals surface area contributed by atoms with Crippen LogP contribution in [0.2, 0.25) is 0 Å². The van der Waals surface area contributed by atoms with Gasteiger partial charge in [-0.1, -0.05) is 24.3 Å². The number of hydrogen-bond acceptors (Lipinski definition) is 6. The Hall–Kier alpha value is -4.30. The molecule has 8 heteroatoms. The lowest BCUT2D eigenvalue weighted by Gasteiger charge is -2.28. The minimum Gasteiger partial charge on any atom is -0.493 e. The van der Waals surface area contributed by atoms with E-state index in [9.17, 15) is 9.59 Å². The zero-order valence-electron chi connectivity index (χ0n) is 20.2. The van der Waals surface area contributed by atoms with Gasteiger partial charge in [-0.3, -0.25) is 14.8 Å². The summed E-state index contributed by atoms with van der Waals surface area (Å²) in [5.74, 6) is 1.44. The molecule has 4 rings (SSSR count). The number of carbonyl (C=O) groups excluding carboxylic acids is 2. The van der Waals surface area contributed by atoms with Gasteiger partial charge in [0.25, 0.3) is 5.91 Å². The second kappa shape index (κ2) is 11.4. The Morgan fingerprint density at radius 1 is 0.972 bits per heavy atom. The van der Waals surface area contributed by atoms with Gasteiger partial charge in [-0.2, -0.15) is 0 Å². The highest BCUT2D eigenvalue weighted by molar-refractivity contribution is 5.93. The monoisotopic (exact) mass is 488 g/mol. The van der Waals surface area contributed by atoms with Crippen molar-refractivity contribution in [1.29, 1.82) is 0 Å². The first-order chi connectivity index (χ1) is 17.5. The van der Waals surface area contributed by atoms with Crippen molar-refractivity contribution in [3.63, 3.8) is 0 Å². The number of benzene rings is 3. The van der Waals surface area contributed by atoms with Crippen LogP contribution in [-0.2, 0) is 24.4 Å². The zero-order chi connectivity index (χ0) is 25.5. The Labute approximate surface area is 209 Å². The van der Waals surface area contributed by atoms with Gasteiger partial charge in [-0.25, -0.2) is 5.48 Å². The van der Waals surface area contributed by atoms with E-state index >= 15 is 0 Å². The Kier molecular flexibility index (Phi) is 7.87. The van der Waals surface area contributed by atoms with E-state index < -0.39 is 5.91 Å². The van der Waals surface area contributed by atoms with Gasteiger partial charge in [-0.15, -0.1) is 0 Å². The second-order valence-electron chi connectivity index (χ2n) is 8.31. The second-order valence-corrected chi connectivity index (χ2v) is 8.31. The number of nitrogens with zero attached hydrogens (tertiary/aromatic N) is 1. The van der Waals surface area contributed by atoms with E-state index in [1.165, 1.54) is 5.56 Å². The standard InChI is InChI=1S/C28H28N2O6/c1-34-25-15-22-13-14-30(17-23(22)16-26(25)35-2)27(31)12-7-19-5-10-24(11-6-19)36-18-20-3-8-21(9-4-20)28(32)29-33/h3-12,15-16,33H,13-14,17-18H2,1-2H3,(H,29,32). The highest BCUT2D eigenvalue weighted by Crippen LogP contribution is 2.33. The summed E-state index contributed by atoms with van der Waals surface area (Å²) in [6, 6.07) is 18.1. The van der Waals surface area contributed by atoms with Crippen LogP contribution in [0.4, 0.5) is 0 Å². The van der Waals surface area contributed by atoms with Crippen molar-refractivity contribution in [2.24, 2.45) is 0 Å². The van der Waals surface area contributed by atoms with Crippen LogP contribution in [0.15, 0.2) is 66.7 Å². The third-order valence-corrected chi connectivity index (χ3v) is 6.05. The van der Waals surface area contributed by atoms with Crippen molar-refractivity contribution >= 4 is 17.9 Å². The molecule has 0 radical (unpaired) electrons. The van der Waals surface area contributed by atoms with Crippen LogP contribution >= 0.6 is 0 Å². The fourth-order valence-electron chi connectivity index (χ4n) is 4.00. The summed E-state index contributed by atoms with van der Waals surface area (Å²) in [4.78, 5) is 26.0. The average Bonchev–Trinajstić information content (AvgIpc) is 2.94. The van der Waals surface area contributed by atoms with Crippen molar-refractivity contribution in [3.05, 3.63) is 94.6 Å². The fourth-order valence-corrected chi connectivity index (χ4v) is 4.00. The van der Waals surface area contributed by atoms with Gasteiger partial charge in [0.1, 0.15) is 12.4 Å². The number of hydroxylamine groups is 1. The molecule has 3 aromatic rings. The molecule has 1 aliphatic rings. The summed E-state index contributed by atoms with van der Waals surface area (Å²) in [5.41, 5.74) is 5.97. The van der Waals surface area contributed by atoms with Gasteiger partial charge < -0.3 is 19.1 Å². The van der Waals surface area contributed by atoms with E-state index in [4.69, 9.17) is 19.4 Å². The molecule has 0 atom stereocenters. The molecular formula is C28H28N2O6. The van der Waals surface area contributed by atoms with Gasteiger partial charge in [-0.05, 0) is 71.1 Å². The van der Waals surface area contributed by atoms with Crippen molar-refractivity contribution in [2.75, 3.05) is 20.8 Å². The van der Waals surface area contributed by atoms with Gasteiger partial charge in [0.2, 0.25) is 5.91 Å². The summed E-state index contributed by atoms with van der Waals surface area (Å²) in [6.45, 7) is 1.50. The first-order valence-electron chi connectivity index (χ1n) is 11.5. The van der Waals surface area contributed by atoms with Crippen LogP contribution < -0.4 is 19.7 Å². The van der Waals surface area contributed by atoms with Crippen molar-refractivity contribution in [3.8, 4) is 17.2 Å². The molecule has 2 N–H and O–H groups in total. The Balaban J connectivity index is 1.31. The lowest BCUT2D eigenvalue weighted by atomic mass is 9.98. The Bertz CT molecular complexity index is 1250. The van der Waals surface area contributed by atoms with Gasteiger partial charge in [0.05, 0.1) is 14.2 Å². The van der Waals surface area contributed by atoms with E-state index in [0.717, 1.165) is 23.1 Å². The molecule has 3 aromatic carbocycles. The molecule has 0 aromatic heterocycles. The van der Waals surface area contributed by atoms with Crippen molar-refractivity contribution in [1.82, 2.24) is 10.4 Å². The molecule has 1 heterocycles. The first kappa shape index (κ1) is 24.8. The molecule has 1 aliphatic heterocycles. The smallest absolute Gasteiger partial charge is 0.274 e. The third kappa shape index (κ3) is 5.84. The molecule has 0 saturated heterocycles. The SMILES string of the molecule is COc1cc2c(cc1OC)CN(C(=O)C=Cc1ccc(OCc3ccc(C(=O)NO)cc3)cc1)CC2. The lowest BCUT2D eigenvalue weighted by Crippen LogP contribution is -2.34. The molecule has 0 fully saturated rings. The summed E-state index contributed by atoms with van der Waals surface area (Å²) < 4.78 is 16.6. The lowest BCUT2D eigenvalue weighted by molar-refractivity contribution is -0.126. The molecule has 36 heavy (non-hydrogen) atoms. The molecule has 8 nitrogen and oxygen atoms in total. The van der Waals surface area contributed by atoms with Crippen molar-refractivity contribution in [2.45, 2.75) is 19.6 Å². The molecule has 0 spiro atoms. The number of hydrogen-bond donors (Lipinski definition) is 2. The number of rotatable bonds is 8. The molecule has 0 unspecified atom stereocenters. The maximum absolute atomic E-state index is 12.8. The molecule has 0 bridgehead atoms. The molecule has 0 saturated carbocycles. The normalized spacial score (nSPS) is 12.7. The number of methoxy groups -OCH3 is 2. The van der Waals surface area contributed by atoms with Crippen LogP contribution in [-0.4, -0.2) is 42.7 Å². The Morgan fingerprint density at radius 2 is 1.64 bits per heavy atom. The average molecular weight is 489 g/mol.